The van der Waals surface area contributed by atoms with E-state index < -0.39 is 0 Å². The molecule has 0 radical (unpaired) electrons. The van der Waals surface area contributed by atoms with Crippen molar-refractivity contribution >= 4 is 5.97 Å². The largest absolute Gasteiger partial charge is 0.462 e. The molecule has 3 rings (SSSR count). The predicted octanol–water partition coefficient (Wildman–Crippen LogP) is 3.31. The number of esters is 1. The second kappa shape index (κ2) is 5.82. The third-order valence-electron chi connectivity index (χ3n) is 5.52. The Hall–Kier alpha value is -0.570. The van der Waals surface area contributed by atoms with Gasteiger partial charge in [-0.05, 0) is 56.3 Å². The Labute approximate surface area is 116 Å². The van der Waals surface area contributed by atoms with E-state index >= 15 is 0 Å². The van der Waals surface area contributed by atoms with E-state index in [0.717, 1.165) is 37.5 Å². The predicted molar refractivity (Wildman–Crippen MR) is 72.7 cm³/mol. The average Bonchev–Trinajstić information content (AvgIpc) is 3.01. The van der Waals surface area contributed by atoms with Crippen LogP contribution in [0, 0.1) is 17.8 Å². The number of carbonyl (C=O) groups is 1. The summed E-state index contributed by atoms with van der Waals surface area (Å²) in [5.41, 5.74) is 0. The van der Waals surface area contributed by atoms with Crippen molar-refractivity contribution in [2.24, 2.45) is 17.8 Å². The van der Waals surface area contributed by atoms with Gasteiger partial charge in [0.15, 0.2) is 0 Å². The molecular formula is C16H26O3. The standard InChI is InChI=1S/C16H26O3/c1-18-14-3-2-4-15(10-14)19-16(17)9-13-8-11-5-6-12(13)7-11/h11-15H,2-10H2,1H3/t11-,12-,13-,14+,15-/m0/s1. The summed E-state index contributed by atoms with van der Waals surface area (Å²) < 4.78 is 11.1. The van der Waals surface area contributed by atoms with Crippen LogP contribution < -0.4 is 0 Å². The number of ether oxygens (including phenoxy) is 2. The van der Waals surface area contributed by atoms with E-state index in [4.69, 9.17) is 9.47 Å². The molecule has 3 nitrogen and oxygen atoms in total. The highest BCUT2D eigenvalue weighted by molar-refractivity contribution is 5.70. The minimum Gasteiger partial charge on any atom is -0.462 e. The molecule has 0 N–H and O–H groups in total. The zero-order valence-corrected chi connectivity index (χ0v) is 12.0. The lowest BCUT2D eigenvalue weighted by Gasteiger charge is -2.29. The van der Waals surface area contributed by atoms with Crippen LogP contribution >= 0.6 is 0 Å². The highest BCUT2D eigenvalue weighted by Crippen LogP contribution is 2.49. The Morgan fingerprint density at radius 2 is 1.89 bits per heavy atom. The van der Waals surface area contributed by atoms with E-state index in [9.17, 15) is 4.79 Å². The maximum atomic E-state index is 12.1. The fraction of sp³-hybridized carbons (Fsp3) is 0.938. The van der Waals surface area contributed by atoms with Gasteiger partial charge in [-0.15, -0.1) is 0 Å². The number of hydrogen-bond acceptors (Lipinski definition) is 3. The molecule has 0 unspecified atom stereocenters. The maximum Gasteiger partial charge on any atom is 0.306 e. The summed E-state index contributed by atoms with van der Waals surface area (Å²) in [6.07, 6.45) is 10.6. The molecule has 2 bridgehead atoms. The van der Waals surface area contributed by atoms with Crippen molar-refractivity contribution < 1.29 is 14.3 Å². The number of rotatable bonds is 4. The molecule has 0 spiro atoms. The molecule has 3 saturated carbocycles. The second-order valence-electron chi connectivity index (χ2n) is 6.78. The first-order chi connectivity index (χ1) is 9.24. The van der Waals surface area contributed by atoms with Crippen molar-refractivity contribution in [1.29, 1.82) is 0 Å². The van der Waals surface area contributed by atoms with Crippen molar-refractivity contribution in [3.8, 4) is 0 Å². The molecule has 0 aromatic carbocycles. The van der Waals surface area contributed by atoms with Gasteiger partial charge in [0.1, 0.15) is 6.10 Å². The minimum absolute atomic E-state index is 0.0410. The van der Waals surface area contributed by atoms with Gasteiger partial charge in [0.2, 0.25) is 0 Å². The first-order valence-corrected chi connectivity index (χ1v) is 7.97. The fourth-order valence-corrected chi connectivity index (χ4v) is 4.50. The second-order valence-corrected chi connectivity index (χ2v) is 6.78. The lowest BCUT2D eigenvalue weighted by molar-refractivity contribution is -0.154. The highest BCUT2D eigenvalue weighted by atomic mass is 16.5. The van der Waals surface area contributed by atoms with Gasteiger partial charge >= 0.3 is 5.97 Å². The Kier molecular flexibility index (Phi) is 4.11. The first-order valence-electron chi connectivity index (χ1n) is 7.97. The Morgan fingerprint density at radius 3 is 2.58 bits per heavy atom. The van der Waals surface area contributed by atoms with E-state index in [1.54, 1.807) is 7.11 Å². The van der Waals surface area contributed by atoms with E-state index in [0.29, 0.717) is 12.3 Å². The summed E-state index contributed by atoms with van der Waals surface area (Å²) in [4.78, 5) is 12.1. The van der Waals surface area contributed by atoms with Crippen LogP contribution in [0.15, 0.2) is 0 Å². The summed E-state index contributed by atoms with van der Waals surface area (Å²) in [6.45, 7) is 0. The van der Waals surface area contributed by atoms with Gasteiger partial charge in [-0.3, -0.25) is 4.79 Å². The van der Waals surface area contributed by atoms with Crippen LogP contribution in [0.2, 0.25) is 0 Å². The van der Waals surface area contributed by atoms with Gasteiger partial charge in [0, 0.05) is 20.0 Å². The molecule has 5 atom stereocenters. The molecule has 19 heavy (non-hydrogen) atoms. The van der Waals surface area contributed by atoms with E-state index in [-0.39, 0.29) is 18.2 Å². The zero-order chi connectivity index (χ0) is 13.2. The molecule has 0 amide bonds. The number of carbonyl (C=O) groups excluding carboxylic acids is 1. The maximum absolute atomic E-state index is 12.1. The topological polar surface area (TPSA) is 35.5 Å². The SMILES string of the molecule is CO[C@@H]1CCC[C@H](OC(=O)C[C@@H]2C[C@H]3CC[C@H]2C3)C1. The molecule has 3 aliphatic rings. The lowest BCUT2D eigenvalue weighted by Crippen LogP contribution is -2.30. The molecule has 0 heterocycles. The van der Waals surface area contributed by atoms with Crippen LogP contribution in [-0.4, -0.2) is 25.3 Å². The van der Waals surface area contributed by atoms with Gasteiger partial charge in [-0.25, -0.2) is 0 Å². The third-order valence-corrected chi connectivity index (χ3v) is 5.52. The van der Waals surface area contributed by atoms with Crippen LogP contribution in [-0.2, 0) is 14.3 Å². The molecule has 0 saturated heterocycles. The Morgan fingerprint density at radius 1 is 1.05 bits per heavy atom. The van der Waals surface area contributed by atoms with E-state index in [2.05, 4.69) is 0 Å². The van der Waals surface area contributed by atoms with Crippen LogP contribution in [0.5, 0.6) is 0 Å². The van der Waals surface area contributed by atoms with E-state index in [1.807, 2.05) is 0 Å². The number of hydrogen-bond donors (Lipinski definition) is 0. The van der Waals surface area contributed by atoms with Crippen molar-refractivity contribution in [3.63, 3.8) is 0 Å². The Bertz CT molecular complexity index is 328. The molecule has 0 aromatic heterocycles. The van der Waals surface area contributed by atoms with Gasteiger partial charge in [0.05, 0.1) is 6.10 Å². The third kappa shape index (κ3) is 3.13. The summed E-state index contributed by atoms with van der Waals surface area (Å²) in [6, 6.07) is 0. The monoisotopic (exact) mass is 266 g/mol. The first kappa shape index (κ1) is 13.4. The number of fused-ring (bicyclic) bond motifs is 2. The molecule has 0 aliphatic heterocycles. The Balaban J connectivity index is 1.43. The molecule has 108 valence electrons. The molecule has 3 fully saturated rings. The zero-order valence-electron chi connectivity index (χ0n) is 12.0. The smallest absolute Gasteiger partial charge is 0.306 e. The highest BCUT2D eigenvalue weighted by Gasteiger charge is 2.40. The fourth-order valence-electron chi connectivity index (χ4n) is 4.50. The van der Waals surface area contributed by atoms with E-state index in [1.165, 1.54) is 25.7 Å². The van der Waals surface area contributed by atoms with Crippen LogP contribution in [0.25, 0.3) is 0 Å². The summed E-state index contributed by atoms with van der Waals surface area (Å²) >= 11 is 0. The normalized spacial score (nSPS) is 41.4. The summed E-state index contributed by atoms with van der Waals surface area (Å²) in [7, 11) is 1.75. The lowest BCUT2D eigenvalue weighted by atomic mass is 9.86. The van der Waals surface area contributed by atoms with Crippen LogP contribution in [0.4, 0.5) is 0 Å². The van der Waals surface area contributed by atoms with Crippen LogP contribution in [0.1, 0.15) is 57.8 Å². The summed E-state index contributed by atoms with van der Waals surface area (Å²) in [5.74, 6) is 2.39. The van der Waals surface area contributed by atoms with Gasteiger partial charge in [0.25, 0.3) is 0 Å². The van der Waals surface area contributed by atoms with Gasteiger partial charge < -0.3 is 9.47 Å². The van der Waals surface area contributed by atoms with Gasteiger partial charge in [-0.2, -0.15) is 0 Å². The van der Waals surface area contributed by atoms with Gasteiger partial charge in [-0.1, -0.05) is 6.42 Å². The molecular weight excluding hydrogens is 240 g/mol. The van der Waals surface area contributed by atoms with Crippen molar-refractivity contribution in [1.82, 2.24) is 0 Å². The number of methoxy groups -OCH3 is 1. The molecule has 3 heteroatoms. The summed E-state index contributed by atoms with van der Waals surface area (Å²) in [5, 5.41) is 0. The van der Waals surface area contributed by atoms with Crippen LogP contribution in [0.3, 0.4) is 0 Å². The quantitative estimate of drug-likeness (QED) is 0.732. The molecule has 0 aromatic rings. The average molecular weight is 266 g/mol. The van der Waals surface area contributed by atoms with Crippen molar-refractivity contribution in [2.45, 2.75) is 70.0 Å². The molecule has 3 aliphatic carbocycles. The van der Waals surface area contributed by atoms with Crippen molar-refractivity contribution in [2.75, 3.05) is 7.11 Å². The minimum atomic E-state index is 0.0410. The van der Waals surface area contributed by atoms with Crippen molar-refractivity contribution in [3.05, 3.63) is 0 Å².